The molecule has 0 heterocycles. The molecule has 15 heavy (non-hydrogen) atoms. The van der Waals surface area contributed by atoms with E-state index in [0.717, 1.165) is 6.26 Å². The zero-order chi connectivity index (χ0) is 11.6. The third kappa shape index (κ3) is 2.91. The molecule has 1 aromatic carbocycles. The topological polar surface area (TPSA) is 86.5 Å². The molecule has 0 N–H and O–H groups in total. The van der Waals surface area contributed by atoms with E-state index in [4.69, 9.17) is 0 Å². The predicted octanol–water partition coefficient (Wildman–Crippen LogP) is 1.24. The predicted molar refractivity (Wildman–Crippen MR) is 53.3 cm³/mol. The summed E-state index contributed by atoms with van der Waals surface area (Å²) in [5, 5.41) is 10.5. The van der Waals surface area contributed by atoms with Crippen molar-refractivity contribution in [2.45, 2.75) is 6.92 Å². The van der Waals surface area contributed by atoms with Gasteiger partial charge in [0, 0.05) is 6.07 Å². The summed E-state index contributed by atoms with van der Waals surface area (Å²) in [4.78, 5) is 9.95. The lowest BCUT2D eigenvalue weighted by atomic mass is 10.2. The molecular formula is C8H9NO5S. The summed E-state index contributed by atoms with van der Waals surface area (Å²) in [5.41, 5.74) is 0.0177. The third-order valence-corrected chi connectivity index (χ3v) is 2.18. The van der Waals surface area contributed by atoms with Gasteiger partial charge >= 0.3 is 10.1 Å². The molecule has 0 atom stereocenters. The van der Waals surface area contributed by atoms with Crippen LogP contribution in [0.2, 0.25) is 0 Å². The first kappa shape index (κ1) is 11.4. The highest BCUT2D eigenvalue weighted by molar-refractivity contribution is 7.86. The number of benzene rings is 1. The summed E-state index contributed by atoms with van der Waals surface area (Å²) in [5.74, 6) is -0.0216. The van der Waals surface area contributed by atoms with Crippen LogP contribution in [-0.4, -0.2) is 19.6 Å². The Morgan fingerprint density at radius 2 is 2.00 bits per heavy atom. The van der Waals surface area contributed by atoms with Gasteiger partial charge in [-0.3, -0.25) is 10.1 Å². The summed E-state index contributed by atoms with van der Waals surface area (Å²) in [7, 11) is -3.66. The molecule has 0 aliphatic rings. The normalized spacial score (nSPS) is 11.1. The molecule has 1 rings (SSSR count). The Balaban J connectivity index is 3.22. The van der Waals surface area contributed by atoms with E-state index in [1.165, 1.54) is 25.1 Å². The lowest BCUT2D eigenvalue weighted by Gasteiger charge is -2.05. The second kappa shape index (κ2) is 3.85. The Bertz CT molecular complexity index is 494. The molecule has 0 aromatic heterocycles. The Morgan fingerprint density at radius 3 is 2.47 bits per heavy atom. The zero-order valence-corrected chi connectivity index (χ0v) is 8.95. The van der Waals surface area contributed by atoms with Gasteiger partial charge in [-0.25, -0.2) is 0 Å². The van der Waals surface area contributed by atoms with Gasteiger partial charge in [-0.2, -0.15) is 8.42 Å². The fourth-order valence-electron chi connectivity index (χ4n) is 1.05. The molecule has 0 saturated carbocycles. The minimum absolute atomic E-state index is 0.0216. The molecule has 82 valence electrons. The van der Waals surface area contributed by atoms with Crippen LogP contribution in [0, 0.1) is 17.0 Å². The van der Waals surface area contributed by atoms with Crippen molar-refractivity contribution < 1.29 is 17.5 Å². The van der Waals surface area contributed by atoms with Crippen molar-refractivity contribution in [1.29, 1.82) is 0 Å². The van der Waals surface area contributed by atoms with Gasteiger partial charge in [-0.15, -0.1) is 0 Å². The van der Waals surface area contributed by atoms with Crippen LogP contribution in [0.3, 0.4) is 0 Å². The van der Waals surface area contributed by atoms with Crippen LogP contribution in [0.25, 0.3) is 0 Å². The van der Waals surface area contributed by atoms with Crippen molar-refractivity contribution in [3.05, 3.63) is 33.9 Å². The molecular weight excluding hydrogens is 222 g/mol. The standard InChI is InChI=1S/C8H9NO5S/c1-6-7(9(10)11)4-3-5-8(6)14-15(2,12)13/h3-5H,1-2H3. The molecule has 1 aromatic rings. The smallest absolute Gasteiger partial charge is 0.306 e. The zero-order valence-electron chi connectivity index (χ0n) is 8.13. The van der Waals surface area contributed by atoms with Crippen LogP contribution in [0.1, 0.15) is 5.56 Å². The first-order valence-corrected chi connectivity index (χ1v) is 5.76. The number of rotatable bonds is 3. The van der Waals surface area contributed by atoms with Gasteiger partial charge < -0.3 is 4.18 Å². The molecule has 0 aliphatic heterocycles. The Morgan fingerprint density at radius 1 is 1.40 bits per heavy atom. The molecule has 0 unspecified atom stereocenters. The van der Waals surface area contributed by atoms with E-state index >= 15 is 0 Å². The van der Waals surface area contributed by atoms with Crippen LogP contribution < -0.4 is 4.18 Å². The second-order valence-corrected chi connectivity index (χ2v) is 4.52. The third-order valence-electron chi connectivity index (χ3n) is 1.69. The Hall–Kier alpha value is -1.63. The van der Waals surface area contributed by atoms with Gasteiger partial charge in [0.25, 0.3) is 5.69 Å². The quantitative estimate of drug-likeness (QED) is 0.443. The average molecular weight is 231 g/mol. The molecule has 0 spiro atoms. The van der Waals surface area contributed by atoms with Crippen LogP contribution in [0.5, 0.6) is 5.75 Å². The lowest BCUT2D eigenvalue weighted by molar-refractivity contribution is -0.385. The largest absolute Gasteiger partial charge is 0.382 e. The molecule has 6 nitrogen and oxygen atoms in total. The molecule has 0 aliphatic carbocycles. The van der Waals surface area contributed by atoms with Crippen molar-refractivity contribution in [1.82, 2.24) is 0 Å². The Kier molecular flexibility index (Phi) is 2.94. The van der Waals surface area contributed by atoms with Crippen molar-refractivity contribution in [2.75, 3.05) is 6.26 Å². The highest BCUT2D eigenvalue weighted by Gasteiger charge is 2.16. The highest BCUT2D eigenvalue weighted by Crippen LogP contribution is 2.27. The molecule has 0 bridgehead atoms. The maximum Gasteiger partial charge on any atom is 0.306 e. The van der Waals surface area contributed by atoms with Gasteiger partial charge in [-0.1, -0.05) is 6.07 Å². The monoisotopic (exact) mass is 231 g/mol. The van der Waals surface area contributed by atoms with E-state index in [1.54, 1.807) is 0 Å². The molecule has 0 radical (unpaired) electrons. The second-order valence-electron chi connectivity index (χ2n) is 2.94. The van der Waals surface area contributed by atoms with Crippen molar-refractivity contribution in [3.8, 4) is 5.75 Å². The highest BCUT2D eigenvalue weighted by atomic mass is 32.2. The van der Waals surface area contributed by atoms with Crippen molar-refractivity contribution in [3.63, 3.8) is 0 Å². The van der Waals surface area contributed by atoms with E-state index in [-0.39, 0.29) is 17.0 Å². The number of nitrogens with zero attached hydrogens (tertiary/aromatic N) is 1. The van der Waals surface area contributed by atoms with E-state index in [2.05, 4.69) is 4.18 Å². The maximum atomic E-state index is 10.8. The van der Waals surface area contributed by atoms with Gasteiger partial charge in [-0.05, 0) is 13.0 Å². The number of hydrogen-bond donors (Lipinski definition) is 0. The summed E-state index contributed by atoms with van der Waals surface area (Å²) >= 11 is 0. The van der Waals surface area contributed by atoms with E-state index in [1.807, 2.05) is 0 Å². The van der Waals surface area contributed by atoms with E-state index in [9.17, 15) is 18.5 Å². The van der Waals surface area contributed by atoms with Gasteiger partial charge in [0.1, 0.15) is 0 Å². The molecule has 0 amide bonds. The average Bonchev–Trinajstić information content (AvgIpc) is 2.05. The first-order chi connectivity index (χ1) is 6.81. The van der Waals surface area contributed by atoms with E-state index in [0.29, 0.717) is 0 Å². The molecule has 0 saturated heterocycles. The number of hydrogen-bond acceptors (Lipinski definition) is 5. The van der Waals surface area contributed by atoms with Gasteiger partial charge in [0.2, 0.25) is 0 Å². The molecule has 7 heteroatoms. The minimum atomic E-state index is -3.66. The SMILES string of the molecule is Cc1c(OS(C)(=O)=O)cccc1[N+](=O)[O-]. The van der Waals surface area contributed by atoms with Crippen LogP contribution in [0.4, 0.5) is 5.69 Å². The lowest BCUT2D eigenvalue weighted by Crippen LogP contribution is -2.07. The maximum absolute atomic E-state index is 10.8. The van der Waals surface area contributed by atoms with Gasteiger partial charge in [0.15, 0.2) is 5.75 Å². The van der Waals surface area contributed by atoms with Gasteiger partial charge in [0.05, 0.1) is 16.7 Å². The van der Waals surface area contributed by atoms with E-state index < -0.39 is 15.0 Å². The fourth-order valence-corrected chi connectivity index (χ4v) is 1.56. The van der Waals surface area contributed by atoms with Crippen LogP contribution in [0.15, 0.2) is 18.2 Å². The fraction of sp³-hybridized carbons (Fsp3) is 0.250. The minimum Gasteiger partial charge on any atom is -0.382 e. The number of nitro benzene ring substituents is 1. The van der Waals surface area contributed by atoms with Crippen LogP contribution in [-0.2, 0) is 10.1 Å². The van der Waals surface area contributed by atoms with Crippen molar-refractivity contribution >= 4 is 15.8 Å². The molecule has 0 fully saturated rings. The summed E-state index contributed by atoms with van der Waals surface area (Å²) < 4.78 is 26.3. The first-order valence-electron chi connectivity index (χ1n) is 3.95. The summed E-state index contributed by atoms with van der Waals surface area (Å²) in [6, 6.07) is 4.01. The Labute approximate surface area is 86.8 Å². The van der Waals surface area contributed by atoms with Crippen molar-refractivity contribution in [2.24, 2.45) is 0 Å². The summed E-state index contributed by atoms with van der Waals surface area (Å²) in [6.45, 7) is 1.43. The summed E-state index contributed by atoms with van der Waals surface area (Å²) in [6.07, 6.45) is 0.880. The van der Waals surface area contributed by atoms with Crippen LogP contribution >= 0.6 is 0 Å². The number of nitro groups is 1.